The van der Waals surface area contributed by atoms with Gasteiger partial charge in [0.25, 0.3) is 0 Å². The number of hydrogen-bond donors (Lipinski definition) is 2. The lowest BCUT2D eigenvalue weighted by atomic mass is 10.2. The molecule has 1 aliphatic rings. The molecular formula is C19H25N5O3. The molecule has 0 atom stereocenters. The van der Waals surface area contributed by atoms with Crippen LogP contribution in [0.1, 0.15) is 18.4 Å². The topological polar surface area (TPSA) is 88.6 Å². The van der Waals surface area contributed by atoms with Crippen LogP contribution in [0.15, 0.2) is 36.7 Å². The molecule has 0 aliphatic carbocycles. The fourth-order valence-corrected chi connectivity index (χ4v) is 2.82. The molecule has 0 aromatic carbocycles. The molecule has 8 heteroatoms. The van der Waals surface area contributed by atoms with Crippen molar-refractivity contribution in [1.29, 1.82) is 0 Å². The highest BCUT2D eigenvalue weighted by Crippen LogP contribution is 2.18. The molecule has 8 nitrogen and oxygen atoms in total. The minimum atomic E-state index is -0.288. The number of pyridine rings is 2. The third kappa shape index (κ3) is 5.82. The Balaban J connectivity index is 1.46. The van der Waals surface area contributed by atoms with Crippen molar-refractivity contribution in [2.75, 3.05) is 43.6 Å². The van der Waals surface area contributed by atoms with E-state index in [0.717, 1.165) is 24.5 Å². The van der Waals surface area contributed by atoms with Crippen molar-refractivity contribution in [3.8, 4) is 5.88 Å². The number of hydrogen-bond acceptors (Lipinski definition) is 6. The van der Waals surface area contributed by atoms with E-state index in [9.17, 15) is 4.79 Å². The van der Waals surface area contributed by atoms with E-state index in [2.05, 4.69) is 25.5 Å². The maximum Gasteiger partial charge on any atom is 0.319 e. The summed E-state index contributed by atoms with van der Waals surface area (Å²) in [5.74, 6) is 1.46. The molecule has 1 fully saturated rings. The average molecular weight is 371 g/mol. The molecule has 2 aromatic rings. The first-order chi connectivity index (χ1) is 13.2. The highest BCUT2D eigenvalue weighted by atomic mass is 16.5. The normalized spacial score (nSPS) is 13.4. The smallest absolute Gasteiger partial charge is 0.319 e. The third-order valence-corrected chi connectivity index (χ3v) is 4.22. The van der Waals surface area contributed by atoms with Crippen molar-refractivity contribution >= 4 is 17.5 Å². The fourth-order valence-electron chi connectivity index (χ4n) is 2.82. The Kier molecular flexibility index (Phi) is 6.81. The van der Waals surface area contributed by atoms with Gasteiger partial charge < -0.3 is 25.0 Å². The van der Waals surface area contributed by atoms with Crippen LogP contribution >= 0.6 is 0 Å². The number of nitrogens with one attached hydrogen (secondary N) is 2. The van der Waals surface area contributed by atoms with Gasteiger partial charge in [-0.05, 0) is 36.6 Å². The largest absolute Gasteiger partial charge is 0.475 e. The van der Waals surface area contributed by atoms with E-state index in [1.807, 2.05) is 12.1 Å². The minimum absolute atomic E-state index is 0.288. The zero-order valence-electron chi connectivity index (χ0n) is 15.5. The maximum absolute atomic E-state index is 12.1. The molecule has 2 amide bonds. The lowest BCUT2D eigenvalue weighted by Crippen LogP contribution is -2.28. The molecule has 27 heavy (non-hydrogen) atoms. The van der Waals surface area contributed by atoms with E-state index in [0.29, 0.717) is 31.3 Å². The standard InChI is InChI=1S/C19H25N5O3/c1-26-10-11-27-18-5-4-16(14-21-18)23-19(25)22-13-15-6-7-20-17(12-15)24-8-2-3-9-24/h4-7,12,14H,2-3,8-11,13H2,1H3,(H2,22,23,25). The number of urea groups is 1. The highest BCUT2D eigenvalue weighted by molar-refractivity contribution is 5.88. The molecular weight excluding hydrogens is 346 g/mol. The Morgan fingerprint density at radius 2 is 2.04 bits per heavy atom. The Morgan fingerprint density at radius 3 is 2.78 bits per heavy atom. The first-order valence-electron chi connectivity index (χ1n) is 9.07. The van der Waals surface area contributed by atoms with Gasteiger partial charge in [-0.15, -0.1) is 0 Å². The van der Waals surface area contributed by atoms with Gasteiger partial charge in [0.15, 0.2) is 0 Å². The number of methoxy groups -OCH3 is 1. The summed E-state index contributed by atoms with van der Waals surface area (Å²) in [6, 6.07) is 7.10. The van der Waals surface area contributed by atoms with Gasteiger partial charge in [-0.1, -0.05) is 0 Å². The number of amides is 2. The number of ether oxygens (including phenoxy) is 2. The van der Waals surface area contributed by atoms with Crippen LogP contribution in [-0.4, -0.2) is 49.4 Å². The molecule has 2 N–H and O–H groups in total. The van der Waals surface area contributed by atoms with Gasteiger partial charge in [0.1, 0.15) is 12.4 Å². The van der Waals surface area contributed by atoms with Crippen LogP contribution in [0.5, 0.6) is 5.88 Å². The molecule has 2 aromatic heterocycles. The Morgan fingerprint density at radius 1 is 1.19 bits per heavy atom. The molecule has 1 aliphatic heterocycles. The van der Waals surface area contributed by atoms with Gasteiger partial charge >= 0.3 is 6.03 Å². The number of carbonyl (C=O) groups is 1. The zero-order valence-corrected chi connectivity index (χ0v) is 15.5. The molecule has 0 saturated carbocycles. The van der Waals surface area contributed by atoms with Crippen molar-refractivity contribution in [2.45, 2.75) is 19.4 Å². The number of anilines is 2. The molecule has 0 bridgehead atoms. The van der Waals surface area contributed by atoms with Crippen molar-refractivity contribution in [3.05, 3.63) is 42.2 Å². The van der Waals surface area contributed by atoms with E-state index < -0.39 is 0 Å². The summed E-state index contributed by atoms with van der Waals surface area (Å²) in [5, 5.41) is 5.61. The number of carbonyl (C=O) groups excluding carboxylic acids is 1. The average Bonchev–Trinajstić information content (AvgIpc) is 3.23. The second kappa shape index (κ2) is 9.72. The molecule has 0 unspecified atom stereocenters. The summed E-state index contributed by atoms with van der Waals surface area (Å²) in [6.07, 6.45) is 5.75. The summed E-state index contributed by atoms with van der Waals surface area (Å²) < 4.78 is 10.3. The second-order valence-electron chi connectivity index (χ2n) is 6.25. The van der Waals surface area contributed by atoms with Gasteiger partial charge in [-0.2, -0.15) is 0 Å². The first kappa shape index (κ1) is 18.9. The predicted octanol–water partition coefficient (Wildman–Crippen LogP) is 2.42. The van der Waals surface area contributed by atoms with Crippen LogP contribution < -0.4 is 20.3 Å². The van der Waals surface area contributed by atoms with E-state index >= 15 is 0 Å². The molecule has 1 saturated heterocycles. The zero-order chi connectivity index (χ0) is 18.9. The monoisotopic (exact) mass is 371 g/mol. The van der Waals surface area contributed by atoms with E-state index in [1.165, 1.54) is 12.8 Å². The highest BCUT2D eigenvalue weighted by Gasteiger charge is 2.13. The van der Waals surface area contributed by atoms with Gasteiger partial charge in [-0.25, -0.2) is 14.8 Å². The van der Waals surface area contributed by atoms with Crippen LogP contribution in [-0.2, 0) is 11.3 Å². The minimum Gasteiger partial charge on any atom is -0.475 e. The Labute approximate surface area is 158 Å². The van der Waals surface area contributed by atoms with Crippen LogP contribution in [0.2, 0.25) is 0 Å². The number of rotatable bonds is 8. The Hall–Kier alpha value is -2.87. The Bertz CT molecular complexity index is 732. The molecule has 0 radical (unpaired) electrons. The summed E-state index contributed by atoms with van der Waals surface area (Å²) in [7, 11) is 1.61. The molecule has 3 rings (SSSR count). The third-order valence-electron chi connectivity index (χ3n) is 4.22. The molecule has 144 valence electrons. The summed E-state index contributed by atoms with van der Waals surface area (Å²) in [6.45, 7) is 3.45. The van der Waals surface area contributed by atoms with Crippen LogP contribution in [0.3, 0.4) is 0 Å². The SMILES string of the molecule is COCCOc1ccc(NC(=O)NCc2ccnc(N3CCCC3)c2)cn1. The van der Waals surface area contributed by atoms with Gasteiger partial charge in [0.2, 0.25) is 5.88 Å². The van der Waals surface area contributed by atoms with E-state index in [1.54, 1.807) is 31.6 Å². The summed E-state index contributed by atoms with van der Waals surface area (Å²) >= 11 is 0. The van der Waals surface area contributed by atoms with Crippen molar-refractivity contribution in [3.63, 3.8) is 0 Å². The van der Waals surface area contributed by atoms with Crippen molar-refractivity contribution < 1.29 is 14.3 Å². The lowest BCUT2D eigenvalue weighted by molar-refractivity contribution is 0.144. The molecule has 3 heterocycles. The summed E-state index contributed by atoms with van der Waals surface area (Å²) in [5.41, 5.74) is 1.61. The number of nitrogens with zero attached hydrogens (tertiary/aromatic N) is 3. The van der Waals surface area contributed by atoms with Crippen LogP contribution in [0.25, 0.3) is 0 Å². The number of aromatic nitrogens is 2. The quantitative estimate of drug-likeness (QED) is 0.693. The van der Waals surface area contributed by atoms with Crippen molar-refractivity contribution in [2.24, 2.45) is 0 Å². The van der Waals surface area contributed by atoms with Gasteiger partial charge in [0.05, 0.1) is 18.5 Å². The lowest BCUT2D eigenvalue weighted by Gasteiger charge is -2.17. The van der Waals surface area contributed by atoms with E-state index in [4.69, 9.17) is 9.47 Å². The van der Waals surface area contributed by atoms with Crippen LogP contribution in [0, 0.1) is 0 Å². The van der Waals surface area contributed by atoms with Gasteiger partial charge in [-0.3, -0.25) is 0 Å². The second-order valence-corrected chi connectivity index (χ2v) is 6.25. The molecule has 0 spiro atoms. The maximum atomic E-state index is 12.1. The predicted molar refractivity (Wildman–Crippen MR) is 103 cm³/mol. The van der Waals surface area contributed by atoms with Crippen LogP contribution in [0.4, 0.5) is 16.3 Å². The summed E-state index contributed by atoms with van der Waals surface area (Å²) in [4.78, 5) is 22.9. The van der Waals surface area contributed by atoms with Crippen molar-refractivity contribution in [1.82, 2.24) is 15.3 Å². The first-order valence-corrected chi connectivity index (χ1v) is 9.07. The fraction of sp³-hybridized carbons (Fsp3) is 0.421. The van der Waals surface area contributed by atoms with Gasteiger partial charge in [0, 0.05) is 39.0 Å². The van der Waals surface area contributed by atoms with E-state index in [-0.39, 0.29) is 6.03 Å².